The summed E-state index contributed by atoms with van der Waals surface area (Å²) in [4.78, 5) is 41.8. The fourth-order valence-corrected chi connectivity index (χ4v) is 8.74. The van der Waals surface area contributed by atoms with Gasteiger partial charge in [0.1, 0.15) is 71.8 Å². The molecule has 2 fully saturated rings. The molecule has 4 aliphatic rings. The lowest BCUT2D eigenvalue weighted by atomic mass is 9.63. The van der Waals surface area contributed by atoms with Gasteiger partial charge in [-0.25, -0.2) is 4.79 Å². The molecule has 4 aromatic rings. The third-order valence-electron chi connectivity index (χ3n) is 11.7. The maximum Gasteiger partial charge on any atom is 0.335 e. The molecule has 4 aromatic carbocycles. The van der Waals surface area contributed by atoms with E-state index in [1.807, 2.05) is 0 Å². The summed E-state index contributed by atoms with van der Waals surface area (Å²) >= 11 is 0. The zero-order valence-electron chi connectivity index (χ0n) is 31.5. The maximum absolute atomic E-state index is 14.7. The van der Waals surface area contributed by atoms with E-state index >= 15 is 0 Å². The van der Waals surface area contributed by atoms with Crippen LogP contribution in [0.1, 0.15) is 81.9 Å². The van der Waals surface area contributed by atoms with E-state index in [4.69, 9.17) is 18.9 Å². The van der Waals surface area contributed by atoms with Crippen LogP contribution in [0.2, 0.25) is 0 Å². The molecule has 12 N–H and O–H groups in total. The molecule has 19 heteroatoms. The Hall–Kier alpha value is -5.55. The number of carbonyl (C=O) groups excluding carboxylic acids is 2. The fraction of sp³-hybridized carbons (Fsp3) is 0.357. The molecule has 2 aliphatic heterocycles. The molecule has 2 heterocycles. The van der Waals surface area contributed by atoms with Crippen LogP contribution in [-0.2, 0) is 16.1 Å². The normalized spacial score (nSPS) is 30.4. The average Bonchev–Trinajstić information content (AvgIpc) is 3.24. The number of aromatic carboxylic acids is 1. The van der Waals surface area contributed by atoms with Crippen molar-refractivity contribution in [2.75, 3.05) is 13.2 Å². The predicted molar refractivity (Wildman–Crippen MR) is 201 cm³/mol. The standard InChI is InChI=1S/C42H40O19/c43-11-14-7-18-26(16-3-1-5-22(30(16)34(50)28(18)20(46)8-14)58-41-38(54)36(52)32(48)24(12-44)60-41)27-17-4-2-6-23(59-42-39(55)37(53)33(49)25(13-45)61-42)31(17)35(51)29-19(27)9-15(40(56)57)10-21(29)47/h1-10,24-27,32-33,36-39,41-49,52-55H,11-13H2,(H,56,57)/t24-,25+,26-,27+,32+,33-,36-,37+,38+,39+,41-,42+/m1/s1. The first-order valence-corrected chi connectivity index (χ1v) is 19.0. The highest BCUT2D eigenvalue weighted by atomic mass is 16.7. The van der Waals surface area contributed by atoms with E-state index in [-0.39, 0.29) is 56.0 Å². The lowest BCUT2D eigenvalue weighted by Gasteiger charge is -2.41. The second-order valence-corrected chi connectivity index (χ2v) is 15.2. The van der Waals surface area contributed by atoms with Gasteiger partial charge < -0.3 is 80.2 Å². The molecule has 19 nitrogen and oxygen atoms in total. The van der Waals surface area contributed by atoms with Crippen LogP contribution in [0.15, 0.2) is 60.7 Å². The Kier molecular flexibility index (Phi) is 11.1. The number of carbonyl (C=O) groups is 3. The maximum atomic E-state index is 14.7. The summed E-state index contributed by atoms with van der Waals surface area (Å²) in [6, 6.07) is 13.1. The number of rotatable bonds is 9. The van der Waals surface area contributed by atoms with Crippen molar-refractivity contribution in [3.8, 4) is 23.0 Å². The Morgan fingerprint density at radius 3 is 1.43 bits per heavy atom. The molecule has 61 heavy (non-hydrogen) atoms. The van der Waals surface area contributed by atoms with Crippen molar-refractivity contribution < 1.29 is 94.6 Å². The van der Waals surface area contributed by atoms with Crippen LogP contribution in [-0.4, -0.2) is 153 Å². The first-order chi connectivity index (χ1) is 29.1. The number of carboxylic acid groups (broad SMARTS) is 1. The van der Waals surface area contributed by atoms with Gasteiger partial charge in [-0.15, -0.1) is 0 Å². The van der Waals surface area contributed by atoms with Gasteiger partial charge in [0, 0.05) is 11.8 Å². The average molecular weight is 849 g/mol. The van der Waals surface area contributed by atoms with E-state index in [1.54, 1.807) is 0 Å². The summed E-state index contributed by atoms with van der Waals surface area (Å²) in [5.74, 6) is -7.67. The van der Waals surface area contributed by atoms with Gasteiger partial charge in [-0.3, -0.25) is 9.59 Å². The predicted octanol–water partition coefficient (Wildman–Crippen LogP) is -1.30. The lowest BCUT2D eigenvalue weighted by molar-refractivity contribution is -0.277. The molecule has 2 aliphatic carbocycles. The first kappa shape index (κ1) is 42.2. The second-order valence-electron chi connectivity index (χ2n) is 15.2. The van der Waals surface area contributed by atoms with Gasteiger partial charge in [0.2, 0.25) is 24.1 Å². The highest BCUT2D eigenvalue weighted by molar-refractivity contribution is 6.18. The van der Waals surface area contributed by atoms with E-state index < -0.39 is 133 Å². The monoisotopic (exact) mass is 848 g/mol. The molecule has 0 radical (unpaired) electrons. The van der Waals surface area contributed by atoms with E-state index in [2.05, 4.69) is 0 Å². The number of aromatic hydroxyl groups is 2. The number of hydrogen-bond donors (Lipinski definition) is 12. The molecule has 0 unspecified atom stereocenters. The summed E-state index contributed by atoms with van der Waals surface area (Å²) in [6.45, 7) is -2.21. The summed E-state index contributed by atoms with van der Waals surface area (Å²) in [5.41, 5.74) is -1.30. The number of aliphatic hydroxyl groups is 9. The van der Waals surface area contributed by atoms with Crippen LogP contribution >= 0.6 is 0 Å². The molecule has 0 spiro atoms. The van der Waals surface area contributed by atoms with Crippen molar-refractivity contribution in [1.82, 2.24) is 0 Å². The summed E-state index contributed by atoms with van der Waals surface area (Å²) in [7, 11) is 0. The summed E-state index contributed by atoms with van der Waals surface area (Å²) in [6.07, 6.45) is -17.4. The molecule has 0 aromatic heterocycles. The van der Waals surface area contributed by atoms with Gasteiger partial charge in [-0.05, 0) is 58.1 Å². The van der Waals surface area contributed by atoms with Gasteiger partial charge >= 0.3 is 5.97 Å². The number of aliphatic hydroxyl groups excluding tert-OH is 9. The van der Waals surface area contributed by atoms with Gasteiger partial charge in [0.05, 0.1) is 47.6 Å². The number of ether oxygens (including phenoxy) is 4. The van der Waals surface area contributed by atoms with E-state index in [1.165, 1.54) is 42.5 Å². The van der Waals surface area contributed by atoms with Crippen molar-refractivity contribution in [2.24, 2.45) is 0 Å². The highest BCUT2D eigenvalue weighted by Gasteiger charge is 2.50. The van der Waals surface area contributed by atoms with Gasteiger partial charge in [0.25, 0.3) is 0 Å². The molecule has 2 saturated heterocycles. The Bertz CT molecular complexity index is 2410. The second kappa shape index (κ2) is 16.0. The molecule has 12 atom stereocenters. The Balaban J connectivity index is 1.37. The van der Waals surface area contributed by atoms with Crippen molar-refractivity contribution in [2.45, 2.75) is 79.9 Å². The minimum absolute atomic E-state index is 0.0646. The Labute approximate surface area is 344 Å². The minimum Gasteiger partial charge on any atom is -0.507 e. The van der Waals surface area contributed by atoms with E-state index in [0.717, 1.165) is 18.2 Å². The van der Waals surface area contributed by atoms with Gasteiger partial charge in [-0.1, -0.05) is 30.3 Å². The lowest BCUT2D eigenvalue weighted by Crippen LogP contribution is -2.60. The SMILES string of the molecule is O=C(O)c1cc(O)c2c(c1)[C@@H]([C@H]1c3cc(CO)cc(O)c3C(=O)c3c(O[C@@H]4O[C@H](CO)[C@H](O)[C@@H](O)[C@@H]4O)cccc31)c1cccc(O[C@H]3O[C@@H](CO)[C@@H](O)[C@H](O)[C@@H]3O)c1C2=O. The van der Waals surface area contributed by atoms with E-state index in [9.17, 15) is 75.7 Å². The van der Waals surface area contributed by atoms with Crippen molar-refractivity contribution in [3.05, 3.63) is 116 Å². The molecular weight excluding hydrogens is 808 g/mol. The van der Waals surface area contributed by atoms with Crippen molar-refractivity contribution >= 4 is 17.5 Å². The Morgan fingerprint density at radius 1 is 0.557 bits per heavy atom. The molecule has 0 saturated carbocycles. The summed E-state index contributed by atoms with van der Waals surface area (Å²) in [5, 5.41) is 126. The zero-order chi connectivity index (χ0) is 43.8. The molecule has 8 rings (SSSR count). The topological polar surface area (TPSA) is 331 Å². The number of fused-ring (bicyclic) bond motifs is 4. The molecule has 0 amide bonds. The van der Waals surface area contributed by atoms with Crippen LogP contribution in [0.4, 0.5) is 0 Å². The number of ketones is 2. The van der Waals surface area contributed by atoms with Crippen molar-refractivity contribution in [3.63, 3.8) is 0 Å². The minimum atomic E-state index is -1.91. The van der Waals surface area contributed by atoms with Crippen LogP contribution in [0, 0.1) is 0 Å². The smallest absolute Gasteiger partial charge is 0.335 e. The molecule has 0 bridgehead atoms. The number of phenolic OH excluding ortho intramolecular Hbond substituents is 2. The highest BCUT2D eigenvalue weighted by Crippen LogP contribution is 2.56. The van der Waals surface area contributed by atoms with Gasteiger partial charge in [0.15, 0.2) is 0 Å². The fourth-order valence-electron chi connectivity index (χ4n) is 8.74. The summed E-state index contributed by atoms with van der Waals surface area (Å²) < 4.78 is 23.1. The zero-order valence-corrected chi connectivity index (χ0v) is 31.5. The quantitative estimate of drug-likeness (QED) is 0.0931. The number of carboxylic acids is 1. The van der Waals surface area contributed by atoms with Crippen LogP contribution in [0.25, 0.3) is 0 Å². The number of benzene rings is 4. The third-order valence-corrected chi connectivity index (χ3v) is 11.7. The number of hydrogen-bond acceptors (Lipinski definition) is 18. The molecular formula is C42H40O19. The van der Waals surface area contributed by atoms with Crippen LogP contribution in [0.5, 0.6) is 23.0 Å². The van der Waals surface area contributed by atoms with Gasteiger partial charge in [-0.2, -0.15) is 0 Å². The van der Waals surface area contributed by atoms with Crippen LogP contribution in [0.3, 0.4) is 0 Å². The third kappa shape index (κ3) is 6.80. The Morgan fingerprint density at radius 2 is 1.00 bits per heavy atom. The van der Waals surface area contributed by atoms with Crippen molar-refractivity contribution in [1.29, 1.82) is 0 Å². The molecule has 322 valence electrons. The van der Waals surface area contributed by atoms with Crippen LogP contribution < -0.4 is 9.47 Å². The largest absolute Gasteiger partial charge is 0.507 e. The number of phenols is 2. The van der Waals surface area contributed by atoms with E-state index in [0.29, 0.717) is 0 Å². The first-order valence-electron chi connectivity index (χ1n) is 19.0.